The molecule has 0 saturated carbocycles. The first-order valence-electron chi connectivity index (χ1n) is 2.70. The lowest BCUT2D eigenvalue weighted by atomic mass is 10.3. The second-order valence-corrected chi connectivity index (χ2v) is 2.51. The van der Waals surface area contributed by atoms with Crippen LogP contribution in [0.5, 0.6) is 0 Å². The third-order valence-corrected chi connectivity index (χ3v) is 1.70. The molecule has 0 radical (unpaired) electrons. The molecule has 0 amide bonds. The van der Waals surface area contributed by atoms with E-state index in [0.29, 0.717) is 28.3 Å². The fourth-order valence-corrected chi connectivity index (χ4v) is 0.943. The van der Waals surface area contributed by atoms with Gasteiger partial charge in [0.25, 0.3) is 0 Å². The number of nitrogen functional groups attached to an aromatic ring is 2. The quantitative estimate of drug-likeness (QED) is 0.424. The van der Waals surface area contributed by atoms with Gasteiger partial charge in [-0.25, -0.2) is 0 Å². The summed E-state index contributed by atoms with van der Waals surface area (Å²) in [6, 6.07) is 4.97. The minimum atomic E-state index is 0.507. The number of hydrogen-bond donors (Lipinski definition) is 3. The first kappa shape index (κ1) is 7.24. The lowest BCUT2D eigenvalue weighted by molar-refractivity contribution is 0.664. The van der Waals surface area contributed by atoms with E-state index in [1.807, 2.05) is 0 Å². The molecule has 0 heterocycles. The van der Waals surface area contributed by atoms with Gasteiger partial charge in [-0.3, -0.25) is 0 Å². The minimum Gasteiger partial charge on any atom is -0.399 e. The number of rotatable bonds is 1. The van der Waals surface area contributed by atoms with Gasteiger partial charge in [0.2, 0.25) is 0 Å². The van der Waals surface area contributed by atoms with Gasteiger partial charge in [0.05, 0.1) is 4.90 Å². The van der Waals surface area contributed by atoms with Crippen LogP contribution >= 0.6 is 12.0 Å². The molecule has 0 aliphatic heterocycles. The van der Waals surface area contributed by atoms with Crippen molar-refractivity contribution in [3.05, 3.63) is 18.2 Å². The molecular formula is C6H8N2OS. The highest BCUT2D eigenvalue weighted by Crippen LogP contribution is 2.23. The van der Waals surface area contributed by atoms with E-state index in [-0.39, 0.29) is 0 Å². The first-order valence-corrected chi connectivity index (χ1v) is 3.48. The van der Waals surface area contributed by atoms with Crippen molar-refractivity contribution >= 4 is 23.4 Å². The zero-order chi connectivity index (χ0) is 7.56. The van der Waals surface area contributed by atoms with Crippen molar-refractivity contribution in [1.29, 1.82) is 0 Å². The second-order valence-electron chi connectivity index (χ2n) is 1.89. The summed E-state index contributed by atoms with van der Waals surface area (Å²) in [4.78, 5) is 0.634. The zero-order valence-electron chi connectivity index (χ0n) is 5.24. The second kappa shape index (κ2) is 2.81. The van der Waals surface area contributed by atoms with Gasteiger partial charge in [-0.1, -0.05) is 0 Å². The monoisotopic (exact) mass is 156 g/mol. The van der Waals surface area contributed by atoms with E-state index in [9.17, 15) is 0 Å². The number of hydrogen-bond acceptors (Lipinski definition) is 4. The molecule has 0 aliphatic rings. The molecule has 0 fully saturated rings. The lowest BCUT2D eigenvalue weighted by Crippen LogP contribution is -1.91. The van der Waals surface area contributed by atoms with Gasteiger partial charge < -0.3 is 16.0 Å². The molecule has 0 spiro atoms. The third-order valence-electron chi connectivity index (χ3n) is 1.13. The normalized spacial score (nSPS) is 9.70. The maximum absolute atomic E-state index is 8.61. The molecule has 0 unspecified atom stereocenters. The van der Waals surface area contributed by atoms with E-state index in [2.05, 4.69) is 0 Å². The van der Waals surface area contributed by atoms with Gasteiger partial charge in [0.1, 0.15) is 0 Å². The molecule has 0 atom stereocenters. The summed E-state index contributed by atoms with van der Waals surface area (Å²) in [6.45, 7) is 0. The Bertz CT molecular complexity index is 239. The van der Waals surface area contributed by atoms with Gasteiger partial charge in [-0.2, -0.15) is 0 Å². The number of benzene rings is 1. The fraction of sp³-hybridized carbons (Fsp3) is 0. The van der Waals surface area contributed by atoms with Crippen molar-refractivity contribution in [3.63, 3.8) is 0 Å². The summed E-state index contributed by atoms with van der Waals surface area (Å²) in [5, 5.41) is 0. The van der Waals surface area contributed by atoms with Crippen LogP contribution in [-0.2, 0) is 0 Å². The van der Waals surface area contributed by atoms with Crippen LogP contribution in [0.4, 0.5) is 11.4 Å². The molecule has 3 nitrogen and oxygen atoms in total. The topological polar surface area (TPSA) is 72.3 Å². The van der Waals surface area contributed by atoms with E-state index in [4.69, 9.17) is 16.0 Å². The van der Waals surface area contributed by atoms with Crippen molar-refractivity contribution in [2.24, 2.45) is 0 Å². The Kier molecular flexibility index (Phi) is 2.03. The maximum Gasteiger partial charge on any atom is 0.0581 e. The predicted octanol–water partition coefficient (Wildman–Crippen LogP) is 1.42. The van der Waals surface area contributed by atoms with Crippen LogP contribution in [0.15, 0.2) is 23.1 Å². The smallest absolute Gasteiger partial charge is 0.0581 e. The Hall–Kier alpha value is -0.870. The molecule has 1 rings (SSSR count). The van der Waals surface area contributed by atoms with Crippen LogP contribution in [0, 0.1) is 0 Å². The van der Waals surface area contributed by atoms with Gasteiger partial charge in [-0.15, -0.1) is 0 Å². The van der Waals surface area contributed by atoms with Crippen molar-refractivity contribution < 1.29 is 4.55 Å². The van der Waals surface area contributed by atoms with E-state index in [1.165, 1.54) is 0 Å². The molecule has 5 N–H and O–H groups in total. The predicted molar refractivity (Wildman–Crippen MR) is 43.8 cm³/mol. The molecule has 4 heteroatoms. The average molecular weight is 156 g/mol. The summed E-state index contributed by atoms with van der Waals surface area (Å²) in [7, 11) is 0. The summed E-state index contributed by atoms with van der Waals surface area (Å²) >= 11 is 0.624. The van der Waals surface area contributed by atoms with Crippen LogP contribution in [-0.4, -0.2) is 4.55 Å². The molecule has 0 bridgehead atoms. The summed E-state index contributed by atoms with van der Waals surface area (Å²) in [5.41, 5.74) is 12.0. The van der Waals surface area contributed by atoms with E-state index in [1.54, 1.807) is 18.2 Å². The van der Waals surface area contributed by atoms with E-state index in [0.717, 1.165) is 0 Å². The molecule has 0 aromatic heterocycles. The summed E-state index contributed by atoms with van der Waals surface area (Å²) in [5.74, 6) is 0. The molecule has 54 valence electrons. The molecule has 1 aromatic rings. The highest BCUT2D eigenvalue weighted by atomic mass is 32.2. The molecule has 1 aromatic carbocycles. The Morgan fingerprint density at radius 2 is 2.00 bits per heavy atom. The standard InChI is InChI=1S/C6H8N2OS/c7-4-1-2-6(10-9)5(8)3-4/h1-3,9H,7-8H2. The fourth-order valence-electron chi connectivity index (χ4n) is 0.650. The highest BCUT2D eigenvalue weighted by Gasteiger charge is 1.96. The van der Waals surface area contributed by atoms with Crippen LogP contribution in [0.2, 0.25) is 0 Å². The van der Waals surface area contributed by atoms with Crippen LogP contribution in [0.3, 0.4) is 0 Å². The zero-order valence-corrected chi connectivity index (χ0v) is 6.06. The Morgan fingerprint density at radius 1 is 1.30 bits per heavy atom. The molecule has 0 aliphatic carbocycles. The van der Waals surface area contributed by atoms with E-state index < -0.39 is 0 Å². The van der Waals surface area contributed by atoms with Crippen molar-refractivity contribution in [1.82, 2.24) is 0 Å². The lowest BCUT2D eigenvalue weighted by Gasteiger charge is -2.00. The summed E-state index contributed by atoms with van der Waals surface area (Å²) < 4.78 is 8.61. The van der Waals surface area contributed by atoms with Crippen LogP contribution in [0.1, 0.15) is 0 Å². The maximum atomic E-state index is 8.61. The molecular weight excluding hydrogens is 148 g/mol. The van der Waals surface area contributed by atoms with E-state index >= 15 is 0 Å². The number of nitrogens with two attached hydrogens (primary N) is 2. The Labute approximate surface area is 63.2 Å². The number of anilines is 2. The molecule has 10 heavy (non-hydrogen) atoms. The van der Waals surface area contributed by atoms with Crippen LogP contribution < -0.4 is 11.5 Å². The minimum absolute atomic E-state index is 0.507. The van der Waals surface area contributed by atoms with Gasteiger partial charge in [-0.05, 0) is 18.2 Å². The van der Waals surface area contributed by atoms with Crippen molar-refractivity contribution in [2.45, 2.75) is 4.90 Å². The van der Waals surface area contributed by atoms with Crippen molar-refractivity contribution in [3.8, 4) is 0 Å². The van der Waals surface area contributed by atoms with Crippen LogP contribution in [0.25, 0.3) is 0 Å². The Morgan fingerprint density at radius 3 is 2.50 bits per heavy atom. The third kappa shape index (κ3) is 1.34. The molecule has 0 saturated heterocycles. The average Bonchev–Trinajstić information content (AvgIpc) is 1.88. The van der Waals surface area contributed by atoms with Crippen molar-refractivity contribution in [2.75, 3.05) is 11.5 Å². The van der Waals surface area contributed by atoms with Gasteiger partial charge >= 0.3 is 0 Å². The Balaban J connectivity index is 3.07. The largest absolute Gasteiger partial charge is 0.399 e. The highest BCUT2D eigenvalue weighted by molar-refractivity contribution is 7.94. The SMILES string of the molecule is Nc1ccc(SO)c(N)c1. The van der Waals surface area contributed by atoms with Gasteiger partial charge in [0.15, 0.2) is 0 Å². The van der Waals surface area contributed by atoms with Gasteiger partial charge in [0, 0.05) is 23.4 Å². The first-order chi connectivity index (χ1) is 4.74. The summed E-state index contributed by atoms with van der Waals surface area (Å²) in [6.07, 6.45) is 0.